The molecule has 0 aliphatic carbocycles. The maximum atomic E-state index is 10.0. The van der Waals surface area contributed by atoms with Crippen LogP contribution in [0.15, 0.2) is 48.7 Å². The summed E-state index contributed by atoms with van der Waals surface area (Å²) in [6, 6.07) is 11.4. The molecule has 0 saturated carbocycles. The highest BCUT2D eigenvalue weighted by molar-refractivity contribution is 6.35. The van der Waals surface area contributed by atoms with E-state index in [1.165, 1.54) is 0 Å². The normalized spacial score (nSPS) is 11.9. The minimum atomic E-state index is 0.230. The summed E-state index contributed by atoms with van der Waals surface area (Å²) >= 11 is 12.2. The molecule has 0 aliphatic heterocycles. The number of halogens is 2. The molecule has 3 rings (SSSR count). The molecule has 0 bridgehead atoms. The van der Waals surface area contributed by atoms with Crippen LogP contribution in [-0.4, -0.2) is 10.1 Å². The summed E-state index contributed by atoms with van der Waals surface area (Å²) < 4.78 is 0. The predicted octanol–water partition coefficient (Wildman–Crippen LogP) is 6.44. The molecule has 2 nitrogen and oxygen atoms in total. The first-order valence-corrected chi connectivity index (χ1v) is 7.97. The van der Waals surface area contributed by atoms with Gasteiger partial charge in [0.2, 0.25) is 0 Å². The summed E-state index contributed by atoms with van der Waals surface area (Å²) in [6.45, 7) is 3.77. The largest absolute Gasteiger partial charge is 0.508 e. The Balaban J connectivity index is 2.30. The van der Waals surface area contributed by atoms with Crippen LogP contribution < -0.4 is 0 Å². The quantitative estimate of drug-likeness (QED) is 0.543. The van der Waals surface area contributed by atoms with Gasteiger partial charge in [0.15, 0.2) is 0 Å². The minimum absolute atomic E-state index is 0.230. The van der Waals surface area contributed by atoms with E-state index in [2.05, 4.69) is 4.98 Å². The predicted molar refractivity (Wildman–Crippen MR) is 98.2 cm³/mol. The molecule has 116 valence electrons. The molecule has 0 saturated heterocycles. The zero-order valence-electron chi connectivity index (χ0n) is 12.8. The highest BCUT2D eigenvalue weighted by atomic mass is 35.5. The number of benzene rings is 2. The zero-order chi connectivity index (χ0) is 16.6. The van der Waals surface area contributed by atoms with Gasteiger partial charge in [0.25, 0.3) is 0 Å². The molecule has 0 unspecified atom stereocenters. The lowest BCUT2D eigenvalue weighted by Gasteiger charge is -2.12. The number of aliphatic hydroxyl groups is 1. The average Bonchev–Trinajstić information content (AvgIpc) is 2.53. The van der Waals surface area contributed by atoms with Crippen LogP contribution in [0.2, 0.25) is 10.0 Å². The van der Waals surface area contributed by atoms with Gasteiger partial charge in [0.1, 0.15) is 5.76 Å². The Morgan fingerprint density at radius 2 is 1.83 bits per heavy atom. The first-order chi connectivity index (χ1) is 11.0. The second kappa shape index (κ2) is 6.23. The molecular formula is C19H15Cl2NO. The van der Waals surface area contributed by atoms with Gasteiger partial charge in [-0.2, -0.15) is 0 Å². The van der Waals surface area contributed by atoms with Crippen molar-refractivity contribution in [3.8, 4) is 11.1 Å². The molecule has 0 spiro atoms. The Morgan fingerprint density at radius 3 is 2.48 bits per heavy atom. The monoisotopic (exact) mass is 343 g/mol. The van der Waals surface area contributed by atoms with Crippen molar-refractivity contribution in [2.45, 2.75) is 13.8 Å². The van der Waals surface area contributed by atoms with Crippen molar-refractivity contribution >= 4 is 39.9 Å². The van der Waals surface area contributed by atoms with E-state index < -0.39 is 0 Å². The fourth-order valence-corrected chi connectivity index (χ4v) is 3.24. The smallest absolute Gasteiger partial charge is 0.120 e. The number of aliphatic hydroxyl groups excluding tert-OH is 1. The third-order valence-corrected chi connectivity index (χ3v) is 4.33. The summed E-state index contributed by atoms with van der Waals surface area (Å²) in [5.74, 6) is 0.230. The van der Waals surface area contributed by atoms with Crippen LogP contribution >= 0.6 is 23.2 Å². The molecule has 4 heteroatoms. The number of hydrogen-bond donors (Lipinski definition) is 1. The lowest BCUT2D eigenvalue weighted by atomic mass is 9.97. The van der Waals surface area contributed by atoms with E-state index in [0.717, 1.165) is 33.2 Å². The molecule has 23 heavy (non-hydrogen) atoms. The summed E-state index contributed by atoms with van der Waals surface area (Å²) in [5, 5.41) is 12.2. The molecular weight excluding hydrogens is 329 g/mol. The third kappa shape index (κ3) is 2.92. The van der Waals surface area contributed by atoms with Crippen LogP contribution in [0.5, 0.6) is 0 Å². The van der Waals surface area contributed by atoms with Gasteiger partial charge in [-0.05, 0) is 49.2 Å². The number of nitrogens with zero attached hydrogens (tertiary/aromatic N) is 1. The van der Waals surface area contributed by atoms with Crippen molar-refractivity contribution in [2.75, 3.05) is 0 Å². The topological polar surface area (TPSA) is 33.1 Å². The maximum absolute atomic E-state index is 10.0. The second-order valence-corrected chi connectivity index (χ2v) is 6.20. The van der Waals surface area contributed by atoms with Crippen LogP contribution in [-0.2, 0) is 0 Å². The second-order valence-electron chi connectivity index (χ2n) is 5.33. The first kappa shape index (κ1) is 15.9. The van der Waals surface area contributed by atoms with Crippen LogP contribution in [0.3, 0.4) is 0 Å². The Labute approximate surface area is 145 Å². The van der Waals surface area contributed by atoms with Crippen LogP contribution in [0.1, 0.15) is 18.1 Å². The number of aromatic nitrogens is 1. The molecule has 0 fully saturated rings. The van der Waals surface area contributed by atoms with Crippen molar-refractivity contribution < 1.29 is 5.11 Å². The molecule has 2 aromatic carbocycles. The molecule has 0 atom stereocenters. The molecule has 1 heterocycles. The molecule has 3 aromatic rings. The number of hydrogen-bond acceptors (Lipinski definition) is 2. The van der Waals surface area contributed by atoms with Crippen molar-refractivity contribution in [2.24, 2.45) is 0 Å². The fraction of sp³-hybridized carbons (Fsp3) is 0.105. The van der Waals surface area contributed by atoms with E-state index in [9.17, 15) is 5.11 Å². The Kier molecular flexibility index (Phi) is 4.29. The number of pyridine rings is 1. The lowest BCUT2D eigenvalue weighted by molar-refractivity contribution is 0.510. The fourth-order valence-electron chi connectivity index (χ4n) is 2.71. The van der Waals surface area contributed by atoms with E-state index in [0.29, 0.717) is 10.0 Å². The summed E-state index contributed by atoms with van der Waals surface area (Å²) in [6.07, 6.45) is 3.36. The summed E-state index contributed by atoms with van der Waals surface area (Å²) in [7, 11) is 0. The van der Waals surface area contributed by atoms with Crippen LogP contribution in [0.25, 0.3) is 27.8 Å². The lowest BCUT2D eigenvalue weighted by Crippen LogP contribution is -1.94. The van der Waals surface area contributed by atoms with Gasteiger partial charge >= 0.3 is 0 Å². The standard InChI is InChI=1S/C19H15Cl2NO/c1-3-18(23)17-10-22-19-15(11(17)2)5-4-6-16(19)12-7-13(20)9-14(21)8-12/h3-10,23H,1-2H3/b18-3+. The van der Waals surface area contributed by atoms with Gasteiger partial charge in [-0.1, -0.05) is 41.4 Å². The SMILES string of the molecule is C/C=C(/O)c1cnc2c(-c3cc(Cl)cc(Cl)c3)cccc2c1C. The van der Waals surface area contributed by atoms with Crippen molar-refractivity contribution in [1.82, 2.24) is 4.98 Å². The van der Waals surface area contributed by atoms with Crippen molar-refractivity contribution in [1.29, 1.82) is 0 Å². The van der Waals surface area contributed by atoms with E-state index >= 15 is 0 Å². The Hall–Kier alpha value is -2.03. The molecule has 1 N–H and O–H groups in total. The van der Waals surface area contributed by atoms with Gasteiger partial charge in [-0.15, -0.1) is 0 Å². The molecule has 0 amide bonds. The number of allylic oxidation sites excluding steroid dienone is 1. The van der Waals surface area contributed by atoms with Gasteiger partial charge in [-0.25, -0.2) is 0 Å². The summed E-state index contributed by atoms with van der Waals surface area (Å²) in [4.78, 5) is 4.56. The average molecular weight is 344 g/mol. The van der Waals surface area contributed by atoms with Gasteiger partial charge in [0, 0.05) is 32.8 Å². The van der Waals surface area contributed by atoms with Crippen molar-refractivity contribution in [3.05, 3.63) is 69.8 Å². The Bertz CT molecular complexity index is 912. The molecule has 0 aliphatic rings. The van der Waals surface area contributed by atoms with E-state index in [4.69, 9.17) is 23.2 Å². The van der Waals surface area contributed by atoms with Gasteiger partial charge < -0.3 is 5.11 Å². The first-order valence-electron chi connectivity index (χ1n) is 7.21. The molecule has 1 aromatic heterocycles. The van der Waals surface area contributed by atoms with Gasteiger partial charge in [0.05, 0.1) is 5.52 Å². The van der Waals surface area contributed by atoms with E-state index in [1.807, 2.05) is 37.3 Å². The number of aryl methyl sites for hydroxylation is 1. The maximum Gasteiger partial charge on any atom is 0.120 e. The molecule has 0 radical (unpaired) electrons. The highest BCUT2D eigenvalue weighted by Gasteiger charge is 2.12. The van der Waals surface area contributed by atoms with Crippen molar-refractivity contribution in [3.63, 3.8) is 0 Å². The van der Waals surface area contributed by atoms with Crippen LogP contribution in [0.4, 0.5) is 0 Å². The Morgan fingerprint density at radius 1 is 1.13 bits per heavy atom. The highest BCUT2D eigenvalue weighted by Crippen LogP contribution is 2.33. The number of para-hydroxylation sites is 1. The van der Waals surface area contributed by atoms with E-state index in [1.54, 1.807) is 25.3 Å². The third-order valence-electron chi connectivity index (χ3n) is 3.89. The van der Waals surface area contributed by atoms with Gasteiger partial charge in [-0.3, -0.25) is 4.98 Å². The van der Waals surface area contributed by atoms with Crippen LogP contribution in [0, 0.1) is 6.92 Å². The van der Waals surface area contributed by atoms with E-state index in [-0.39, 0.29) is 5.76 Å². The zero-order valence-corrected chi connectivity index (χ0v) is 14.3. The minimum Gasteiger partial charge on any atom is -0.508 e. The summed E-state index contributed by atoms with van der Waals surface area (Å²) in [5.41, 5.74) is 4.46. The number of fused-ring (bicyclic) bond motifs is 1. The number of rotatable bonds is 2.